The zero-order valence-electron chi connectivity index (χ0n) is 3.43. The van der Waals surface area contributed by atoms with Crippen molar-refractivity contribution in [1.82, 2.24) is 0 Å². The van der Waals surface area contributed by atoms with Gasteiger partial charge in [0.1, 0.15) is 0 Å². The van der Waals surface area contributed by atoms with E-state index in [4.69, 9.17) is 19.2 Å². The Morgan fingerprint density at radius 1 is 1.14 bits per heavy atom. The molecule has 37 valence electrons. The molecule has 0 rings (SSSR count). The van der Waals surface area contributed by atoms with Gasteiger partial charge in [-0.2, -0.15) is 7.82 Å². The summed E-state index contributed by atoms with van der Waals surface area (Å²) < 4.78 is 8.55. The first-order chi connectivity index (χ1) is 2.00. The van der Waals surface area contributed by atoms with E-state index in [1.165, 1.54) is 0 Å². The van der Waals surface area contributed by atoms with Crippen LogP contribution in [-0.2, 0) is 4.57 Å². The molecule has 7 heavy (non-hydrogen) atoms. The number of hydrogen-bond donors (Lipinski definition) is 0. The molecular weight excluding hydrogens is 275 g/mol. The van der Waals surface area contributed by atoms with Crippen LogP contribution in [0.15, 0.2) is 0 Å². The molecule has 0 bridgehead atoms. The molecule has 0 spiro atoms. The van der Waals surface area contributed by atoms with Crippen LogP contribution in [0.1, 0.15) is 0 Å². The summed E-state index contributed by atoms with van der Waals surface area (Å²) in [5.74, 6) is 0. The second-order valence-corrected chi connectivity index (χ2v) is 1.34. The molecule has 0 atom stereocenters. The van der Waals surface area contributed by atoms with Gasteiger partial charge in [0.2, 0.25) is 0 Å². The van der Waals surface area contributed by atoms with Crippen molar-refractivity contribution in [3.8, 4) is 0 Å². The number of hydrogen-bond acceptors (Lipinski definition) is 4. The van der Waals surface area contributed by atoms with Crippen molar-refractivity contribution in [1.29, 1.82) is 0 Å². The Morgan fingerprint density at radius 2 is 1.14 bits per heavy atom. The molecule has 0 heterocycles. The van der Waals surface area contributed by atoms with Gasteiger partial charge in [-0.25, -0.2) is 0 Å². The molecule has 0 unspecified atom stereocenters. The van der Waals surface area contributed by atoms with E-state index in [1.807, 2.05) is 0 Å². The van der Waals surface area contributed by atoms with Crippen LogP contribution in [0.5, 0.6) is 0 Å². The Balaban J connectivity index is -0.0000000800. The second-order valence-electron chi connectivity index (χ2n) is 0.447. The Kier molecular flexibility index (Phi) is 15.2. The van der Waals surface area contributed by atoms with Crippen LogP contribution in [0.2, 0.25) is 0 Å². The van der Waals surface area contributed by atoms with Crippen LogP contribution in [-0.4, -0.2) is 0 Å². The minimum absolute atomic E-state index is 0. The minimum atomic E-state index is -5.39. The van der Waals surface area contributed by atoms with Crippen LogP contribution in [0, 0.1) is 39.9 Å². The predicted molar refractivity (Wildman–Crippen MR) is 7.61 cm³/mol. The molecule has 0 aliphatic heterocycles. The normalized spacial score (nSPS) is 8.43. The van der Waals surface area contributed by atoms with Crippen LogP contribution in [0.3, 0.4) is 0 Å². The molecule has 4 nitrogen and oxygen atoms in total. The maximum Gasteiger partial charge on any atom is 3.00 e. The first-order valence-electron chi connectivity index (χ1n) is 0.730. The third-order valence-electron chi connectivity index (χ3n) is 0. The van der Waals surface area contributed by atoms with Crippen molar-refractivity contribution in [3.63, 3.8) is 0 Å². The first-order valence-corrected chi connectivity index (χ1v) is 2.19. The van der Waals surface area contributed by atoms with Crippen molar-refractivity contribution in [2.45, 2.75) is 0 Å². The number of phosphoric acid groups is 1. The summed E-state index contributed by atoms with van der Waals surface area (Å²) in [6.45, 7) is 0. The third kappa shape index (κ3) is 58.9. The second kappa shape index (κ2) is 6.55. The van der Waals surface area contributed by atoms with Crippen LogP contribution in [0.25, 0.3) is 0 Å². The molecule has 1 radical (unpaired) electrons. The van der Waals surface area contributed by atoms with E-state index in [2.05, 4.69) is 0 Å². The zero-order valence-corrected chi connectivity index (χ0v) is 8.60. The molecule has 0 saturated heterocycles. The van der Waals surface area contributed by atoms with Gasteiger partial charge in [-0.1, -0.05) is 0 Å². The average Bonchev–Trinajstić information content (AvgIpc) is 0.722. The molecule has 0 aliphatic carbocycles. The van der Waals surface area contributed by atoms with Crippen molar-refractivity contribution in [2.24, 2.45) is 0 Å². The van der Waals surface area contributed by atoms with Crippen molar-refractivity contribution >= 4 is 7.82 Å². The Bertz CT molecular complexity index is 57.8. The summed E-state index contributed by atoms with van der Waals surface area (Å²) in [7, 11) is -5.39. The van der Waals surface area contributed by atoms with Crippen LogP contribution < -0.4 is 44.2 Å². The Hall–Kier alpha value is 2.43. The van der Waals surface area contributed by atoms with Crippen LogP contribution >= 0.6 is 7.82 Å². The zero-order chi connectivity index (χ0) is 4.50. The molecule has 0 N–H and O–H groups in total. The monoisotopic (exact) mass is 276 g/mol. The van der Waals surface area contributed by atoms with E-state index in [9.17, 15) is 0 Å². The molecule has 0 amide bonds. The van der Waals surface area contributed by atoms with E-state index < -0.39 is 7.82 Å². The summed E-state index contributed by atoms with van der Waals surface area (Å²) in [4.78, 5) is 25.6. The molecule has 0 saturated carbocycles. The summed E-state index contributed by atoms with van der Waals surface area (Å²) in [6.07, 6.45) is 0. The smallest absolute Gasteiger partial charge is 0.822 e. The summed E-state index contributed by atoms with van der Waals surface area (Å²) in [5, 5.41) is 0. The van der Waals surface area contributed by atoms with Crippen molar-refractivity contribution in [3.05, 3.63) is 0 Å². The van der Waals surface area contributed by atoms with E-state index in [1.54, 1.807) is 0 Å². The quantitative estimate of drug-likeness (QED) is 0.325. The summed E-state index contributed by atoms with van der Waals surface area (Å²) in [6, 6.07) is 0. The van der Waals surface area contributed by atoms with E-state index in [-0.39, 0.29) is 69.5 Å². The standard InChI is InChI=1S/Gd.Na.H3O4P/c;;1-5(2,3)4/h;;(H3,1,2,3,4)/q+3;+1;/p-3. The first kappa shape index (κ1) is 16.2. The van der Waals surface area contributed by atoms with Crippen molar-refractivity contribution in [2.75, 3.05) is 0 Å². The molecule has 7 heteroatoms. The molecule has 0 aromatic rings. The predicted octanol–water partition coefficient (Wildman–Crippen LogP) is -5.82. The van der Waals surface area contributed by atoms with Gasteiger partial charge >= 0.3 is 69.5 Å². The summed E-state index contributed by atoms with van der Waals surface area (Å²) in [5.41, 5.74) is 0. The maximum absolute atomic E-state index is 8.55. The van der Waals surface area contributed by atoms with Gasteiger partial charge < -0.3 is 19.2 Å². The van der Waals surface area contributed by atoms with Crippen molar-refractivity contribution < 1.29 is 88.7 Å². The van der Waals surface area contributed by atoms with E-state index in [0.717, 1.165) is 0 Å². The van der Waals surface area contributed by atoms with Gasteiger partial charge in [0.05, 0.1) is 0 Å². The largest absolute Gasteiger partial charge is 3.00 e. The van der Waals surface area contributed by atoms with Gasteiger partial charge in [-0.3, -0.25) is 0 Å². The fraction of sp³-hybridized carbons (Fsp3) is 0. The topological polar surface area (TPSA) is 86.2 Å². The van der Waals surface area contributed by atoms with Gasteiger partial charge in [-0.05, 0) is 0 Å². The molecule has 0 aliphatic rings. The average molecular weight is 275 g/mol. The third-order valence-corrected chi connectivity index (χ3v) is 0. The molecule has 0 aromatic heterocycles. The SMILES string of the molecule is O=P([O-])([O-])[O-].[Gd+3].[Na+]. The Labute approximate surface area is 94.9 Å². The van der Waals surface area contributed by atoms with Crippen LogP contribution in [0.4, 0.5) is 0 Å². The van der Waals surface area contributed by atoms with E-state index >= 15 is 0 Å². The van der Waals surface area contributed by atoms with Gasteiger partial charge in [0, 0.05) is 0 Å². The molecule has 0 fully saturated rings. The van der Waals surface area contributed by atoms with Gasteiger partial charge in [-0.15, -0.1) is 0 Å². The molecule has 0 aromatic carbocycles. The Morgan fingerprint density at radius 3 is 1.14 bits per heavy atom. The summed E-state index contributed by atoms with van der Waals surface area (Å²) >= 11 is 0. The van der Waals surface area contributed by atoms with E-state index in [0.29, 0.717) is 0 Å². The maximum atomic E-state index is 8.55. The van der Waals surface area contributed by atoms with Gasteiger partial charge in [0.15, 0.2) is 0 Å². The number of rotatable bonds is 0. The fourth-order valence-corrected chi connectivity index (χ4v) is 0. The van der Waals surface area contributed by atoms with Gasteiger partial charge in [0.25, 0.3) is 0 Å². The minimum Gasteiger partial charge on any atom is -0.822 e. The molecular formula is GdNaO4P+. The fourth-order valence-electron chi connectivity index (χ4n) is 0.